The van der Waals surface area contributed by atoms with Crippen LogP contribution in [0.15, 0.2) is 97.7 Å². The minimum absolute atomic E-state index is 0.0892. The van der Waals surface area contributed by atoms with Gasteiger partial charge in [-0.2, -0.15) is 13.7 Å². The quantitative estimate of drug-likeness (QED) is 0.297. The number of rotatable bonds is 1. The second kappa shape index (κ2) is 6.64. The Kier molecular flexibility index (Phi) is 3.62. The number of nitrogens with zero attached hydrogens (tertiary/aromatic N) is 6. The summed E-state index contributed by atoms with van der Waals surface area (Å²) in [5, 5.41) is 4.76. The summed E-state index contributed by atoms with van der Waals surface area (Å²) in [5.74, 6) is 3.43. The van der Waals surface area contributed by atoms with E-state index >= 15 is 0 Å². The number of fused-ring (bicyclic) bond motifs is 13. The summed E-state index contributed by atoms with van der Waals surface area (Å²) in [7, 11) is 4.15. The lowest BCUT2D eigenvalue weighted by Gasteiger charge is -2.25. The molecule has 6 aromatic rings. The van der Waals surface area contributed by atoms with E-state index < -0.39 is 5.66 Å². The normalized spacial score (nSPS) is 18.6. The fraction of sp³-hybridized carbons (Fsp3) is 0.182. The van der Waals surface area contributed by atoms with Crippen LogP contribution in [0.2, 0.25) is 0 Å². The van der Waals surface area contributed by atoms with Gasteiger partial charge in [0.15, 0.2) is 0 Å². The van der Waals surface area contributed by atoms with Gasteiger partial charge in [-0.1, -0.05) is 50.2 Å². The summed E-state index contributed by atoms with van der Waals surface area (Å²) in [6.45, 7) is 4.72. The predicted octanol–water partition coefficient (Wildman–Crippen LogP) is 4.69. The molecule has 3 aromatic heterocycles. The number of aryl methyl sites for hydroxylation is 2. The van der Waals surface area contributed by atoms with Gasteiger partial charge < -0.3 is 4.57 Å². The zero-order valence-corrected chi connectivity index (χ0v) is 22.4. The van der Waals surface area contributed by atoms with Gasteiger partial charge in [0, 0.05) is 29.8 Å². The molecule has 3 aromatic carbocycles. The molecule has 0 radical (unpaired) electrons. The van der Waals surface area contributed by atoms with E-state index in [1.54, 1.807) is 0 Å². The lowest BCUT2D eigenvalue weighted by atomic mass is 9.80. The molecule has 39 heavy (non-hydrogen) atoms. The summed E-state index contributed by atoms with van der Waals surface area (Å²) < 4.78 is 11.4. The molecule has 188 valence electrons. The lowest BCUT2D eigenvalue weighted by molar-refractivity contribution is -0.954. The predicted molar refractivity (Wildman–Crippen MR) is 148 cm³/mol. The molecule has 0 fully saturated rings. The first kappa shape index (κ1) is 21.2. The highest BCUT2D eigenvalue weighted by molar-refractivity contribution is 5.86. The Morgan fingerprint density at radius 1 is 0.667 bits per heavy atom. The van der Waals surface area contributed by atoms with Crippen LogP contribution in [-0.2, 0) is 25.2 Å². The first-order valence-corrected chi connectivity index (χ1v) is 13.5. The van der Waals surface area contributed by atoms with Gasteiger partial charge in [0.05, 0.1) is 29.3 Å². The van der Waals surface area contributed by atoms with Crippen LogP contribution in [0, 0.1) is 0 Å². The highest BCUT2D eigenvalue weighted by atomic mass is 15.5. The van der Waals surface area contributed by atoms with E-state index in [2.05, 4.69) is 131 Å². The first-order chi connectivity index (χ1) is 18.9. The largest absolute Gasteiger partial charge is 0.318 e. The lowest BCUT2D eigenvalue weighted by Crippen LogP contribution is -2.70. The monoisotopic (exact) mass is 508 g/mol. The molecule has 2 aliphatic heterocycles. The van der Waals surface area contributed by atoms with Gasteiger partial charge in [0.25, 0.3) is 23.6 Å². The van der Waals surface area contributed by atoms with Crippen LogP contribution in [0.1, 0.15) is 36.1 Å². The van der Waals surface area contributed by atoms with Gasteiger partial charge in [-0.15, -0.1) is 4.68 Å². The van der Waals surface area contributed by atoms with Gasteiger partial charge >= 0.3 is 0 Å². The third-order valence-electron chi connectivity index (χ3n) is 9.44. The zero-order valence-electron chi connectivity index (χ0n) is 22.4. The van der Waals surface area contributed by atoms with Crippen molar-refractivity contribution in [2.24, 2.45) is 14.1 Å². The third-order valence-corrected chi connectivity index (χ3v) is 9.44. The second-order valence-corrected chi connectivity index (χ2v) is 11.6. The minimum atomic E-state index is -0.568. The summed E-state index contributed by atoms with van der Waals surface area (Å²) in [6.07, 6.45) is 8.57. The smallest absolute Gasteiger partial charge is 0.299 e. The molecule has 5 heterocycles. The Bertz CT molecular complexity index is 2030. The molecule has 0 bridgehead atoms. The topological polar surface area (TPSA) is 35.4 Å². The highest BCUT2D eigenvalue weighted by Crippen LogP contribution is 2.54. The van der Waals surface area contributed by atoms with Gasteiger partial charge in [-0.3, -0.25) is 0 Å². The number of imidazole rings is 1. The van der Waals surface area contributed by atoms with Crippen LogP contribution in [0.25, 0.3) is 39.7 Å². The van der Waals surface area contributed by atoms with Crippen molar-refractivity contribution in [2.75, 3.05) is 0 Å². The Labute approximate surface area is 226 Å². The van der Waals surface area contributed by atoms with Crippen LogP contribution in [0.4, 0.5) is 0 Å². The van der Waals surface area contributed by atoms with Crippen LogP contribution in [0.5, 0.6) is 0 Å². The highest BCUT2D eigenvalue weighted by Gasteiger charge is 2.63. The molecule has 9 rings (SSSR count). The average Bonchev–Trinajstić information content (AvgIpc) is 3.76. The van der Waals surface area contributed by atoms with E-state index in [0.717, 1.165) is 11.6 Å². The van der Waals surface area contributed by atoms with Crippen molar-refractivity contribution < 1.29 is 9.13 Å². The van der Waals surface area contributed by atoms with Crippen LogP contribution >= 0.6 is 0 Å². The number of hydrogen-bond acceptors (Lipinski definition) is 1. The summed E-state index contributed by atoms with van der Waals surface area (Å²) in [4.78, 5) is 0. The first-order valence-electron chi connectivity index (χ1n) is 13.5. The van der Waals surface area contributed by atoms with Crippen molar-refractivity contribution in [3.8, 4) is 39.7 Å². The van der Waals surface area contributed by atoms with Gasteiger partial charge in [0.1, 0.15) is 12.4 Å². The van der Waals surface area contributed by atoms with E-state index in [1.165, 1.54) is 50.3 Å². The van der Waals surface area contributed by atoms with E-state index in [1.807, 2.05) is 18.1 Å². The molecule has 6 heteroatoms. The SMILES string of the molecule is Cn1cccc1-n1cc[n+]2c1-c1cc3c(cc1[C@@]21c2ccccc2-c2n(C)nc[n+]21)C(C)(C)c1ccccc1-3. The Morgan fingerprint density at radius 2 is 1.44 bits per heavy atom. The van der Waals surface area contributed by atoms with E-state index in [-0.39, 0.29) is 5.41 Å². The van der Waals surface area contributed by atoms with E-state index in [9.17, 15) is 0 Å². The molecular formula is C33H28N6+2. The molecule has 0 N–H and O–H groups in total. The molecule has 0 unspecified atom stereocenters. The Balaban J connectivity index is 1.47. The van der Waals surface area contributed by atoms with Crippen molar-refractivity contribution >= 4 is 0 Å². The standard InChI is InChI=1S/C33H28N6/c1-32(2)25-12-7-5-10-21(25)23-18-24-28(19-27(23)32)33(38-17-16-37(31(24)38)29-14-9-15-35(29)3)26-13-8-6-11-22(26)30-36(4)34-20-39(30)33/h5-20H,1-4H3/q+2/t33-/m0/s1. The maximum atomic E-state index is 4.76. The fourth-order valence-electron chi connectivity index (χ4n) is 7.72. The van der Waals surface area contributed by atoms with Crippen molar-refractivity contribution in [2.45, 2.75) is 24.9 Å². The summed E-state index contributed by atoms with van der Waals surface area (Å²) in [5.41, 5.74) is 9.84. The van der Waals surface area contributed by atoms with Gasteiger partial charge in [0.2, 0.25) is 5.82 Å². The maximum absolute atomic E-state index is 4.76. The Hall–Kier alpha value is -4.71. The van der Waals surface area contributed by atoms with Crippen molar-refractivity contribution in [3.05, 3.63) is 120 Å². The van der Waals surface area contributed by atoms with E-state index in [4.69, 9.17) is 5.10 Å². The minimum Gasteiger partial charge on any atom is -0.318 e. The molecule has 1 spiro atoms. The summed E-state index contributed by atoms with van der Waals surface area (Å²) >= 11 is 0. The molecular weight excluding hydrogens is 480 g/mol. The van der Waals surface area contributed by atoms with Crippen molar-refractivity contribution in [3.63, 3.8) is 0 Å². The number of hydrogen-bond donors (Lipinski definition) is 0. The summed E-state index contributed by atoms with van der Waals surface area (Å²) in [6, 6.07) is 27.0. The number of benzene rings is 3. The fourth-order valence-corrected chi connectivity index (χ4v) is 7.72. The number of aromatic nitrogens is 6. The molecule has 3 aliphatic rings. The third kappa shape index (κ3) is 2.22. The second-order valence-electron chi connectivity index (χ2n) is 11.6. The molecule has 0 saturated carbocycles. The van der Waals surface area contributed by atoms with E-state index in [0.29, 0.717) is 0 Å². The molecule has 6 nitrogen and oxygen atoms in total. The van der Waals surface area contributed by atoms with Gasteiger partial charge in [-0.25, -0.2) is 0 Å². The Morgan fingerprint density at radius 3 is 2.23 bits per heavy atom. The molecule has 0 amide bonds. The van der Waals surface area contributed by atoms with Crippen LogP contribution in [0.3, 0.4) is 0 Å². The average molecular weight is 509 g/mol. The van der Waals surface area contributed by atoms with Gasteiger partial charge in [-0.05, 0) is 52.6 Å². The molecule has 1 aliphatic carbocycles. The molecule has 0 saturated heterocycles. The molecule has 1 atom stereocenters. The van der Waals surface area contributed by atoms with Crippen LogP contribution in [-0.4, -0.2) is 18.9 Å². The zero-order chi connectivity index (χ0) is 26.3. The van der Waals surface area contributed by atoms with Crippen molar-refractivity contribution in [1.82, 2.24) is 18.9 Å². The van der Waals surface area contributed by atoms with Crippen molar-refractivity contribution in [1.29, 1.82) is 0 Å². The maximum Gasteiger partial charge on any atom is 0.299 e. The van der Waals surface area contributed by atoms with Crippen LogP contribution < -0.4 is 9.13 Å².